The molecule has 1 fully saturated rings. The fourth-order valence-corrected chi connectivity index (χ4v) is 4.16. The smallest absolute Gasteiger partial charge is 0.135 e. The Morgan fingerprint density at radius 3 is 2.58 bits per heavy atom. The van der Waals surface area contributed by atoms with Crippen molar-refractivity contribution in [2.45, 2.75) is 45.4 Å². The molecule has 0 unspecified atom stereocenters. The van der Waals surface area contributed by atoms with Crippen LogP contribution in [0.25, 0.3) is 21.9 Å². The zero-order chi connectivity index (χ0) is 16.5. The van der Waals surface area contributed by atoms with Gasteiger partial charge in [-0.25, -0.2) is 0 Å². The molecule has 126 valence electrons. The van der Waals surface area contributed by atoms with E-state index in [1.54, 1.807) is 7.11 Å². The molecule has 3 aromatic rings. The molecule has 0 atom stereocenters. The highest BCUT2D eigenvalue weighted by Gasteiger charge is 2.19. The van der Waals surface area contributed by atoms with Gasteiger partial charge < -0.3 is 9.15 Å². The molecule has 24 heavy (non-hydrogen) atoms. The molecule has 2 aromatic carbocycles. The first-order chi connectivity index (χ1) is 11.7. The Bertz CT molecular complexity index is 838. The van der Waals surface area contributed by atoms with E-state index in [1.807, 2.05) is 12.1 Å². The van der Waals surface area contributed by atoms with Crippen LogP contribution in [0.5, 0.6) is 5.75 Å². The van der Waals surface area contributed by atoms with Crippen LogP contribution in [0.3, 0.4) is 0 Å². The maximum atomic E-state index is 6.04. The van der Waals surface area contributed by atoms with Crippen LogP contribution < -0.4 is 4.74 Å². The van der Waals surface area contributed by atoms with E-state index in [0.29, 0.717) is 0 Å². The van der Waals surface area contributed by atoms with E-state index < -0.39 is 0 Å². The molecule has 0 radical (unpaired) electrons. The minimum Gasteiger partial charge on any atom is -0.496 e. The summed E-state index contributed by atoms with van der Waals surface area (Å²) in [7, 11) is 1.77. The first-order valence-electron chi connectivity index (χ1n) is 9.22. The number of hydrogen-bond donors (Lipinski definition) is 0. The summed E-state index contributed by atoms with van der Waals surface area (Å²) in [6.07, 6.45) is 7.89. The molecule has 0 spiro atoms. The lowest BCUT2D eigenvalue weighted by Crippen LogP contribution is -2.13. The van der Waals surface area contributed by atoms with Crippen LogP contribution in [-0.4, -0.2) is 7.11 Å². The molecule has 2 nitrogen and oxygen atoms in total. The van der Waals surface area contributed by atoms with Gasteiger partial charge in [-0.15, -0.1) is 0 Å². The minimum absolute atomic E-state index is 0.872. The van der Waals surface area contributed by atoms with E-state index in [9.17, 15) is 0 Å². The molecule has 1 aromatic heterocycles. The van der Waals surface area contributed by atoms with Crippen molar-refractivity contribution in [3.63, 3.8) is 0 Å². The monoisotopic (exact) mass is 322 g/mol. The van der Waals surface area contributed by atoms with Crippen LogP contribution in [0.2, 0.25) is 0 Å². The van der Waals surface area contributed by atoms with E-state index in [0.717, 1.165) is 40.6 Å². The summed E-state index contributed by atoms with van der Waals surface area (Å²) in [5.74, 6) is 2.79. The fourth-order valence-electron chi connectivity index (χ4n) is 4.16. The van der Waals surface area contributed by atoms with Crippen molar-refractivity contribution in [1.82, 2.24) is 0 Å². The van der Waals surface area contributed by atoms with Gasteiger partial charge in [-0.05, 0) is 48.4 Å². The van der Waals surface area contributed by atoms with Crippen molar-refractivity contribution < 1.29 is 9.15 Å². The summed E-state index contributed by atoms with van der Waals surface area (Å²) >= 11 is 0. The third-order valence-electron chi connectivity index (χ3n) is 5.74. The van der Waals surface area contributed by atoms with E-state index in [2.05, 4.69) is 31.2 Å². The first-order valence-corrected chi connectivity index (χ1v) is 9.22. The molecule has 1 heterocycles. The summed E-state index contributed by atoms with van der Waals surface area (Å²) in [4.78, 5) is 0. The lowest BCUT2D eigenvalue weighted by atomic mass is 9.80. The fraction of sp³-hybridized carbons (Fsp3) is 0.455. The van der Waals surface area contributed by atoms with Gasteiger partial charge in [0, 0.05) is 10.8 Å². The van der Waals surface area contributed by atoms with Gasteiger partial charge in [0.15, 0.2) is 0 Å². The van der Waals surface area contributed by atoms with Crippen molar-refractivity contribution >= 4 is 21.9 Å². The highest BCUT2D eigenvalue weighted by molar-refractivity contribution is 6.05. The third kappa shape index (κ3) is 2.90. The molecule has 1 aliphatic rings. The zero-order valence-corrected chi connectivity index (χ0v) is 14.7. The van der Waals surface area contributed by atoms with Crippen molar-refractivity contribution in [1.29, 1.82) is 0 Å². The number of aryl methyl sites for hydroxylation is 1. The molecule has 1 saturated carbocycles. The predicted octanol–water partition coefficient (Wildman–Crippen LogP) is 6.35. The number of hydrogen-bond acceptors (Lipinski definition) is 2. The number of benzene rings is 2. The largest absolute Gasteiger partial charge is 0.496 e. The Kier molecular flexibility index (Phi) is 4.22. The first kappa shape index (κ1) is 15.6. The van der Waals surface area contributed by atoms with E-state index >= 15 is 0 Å². The van der Waals surface area contributed by atoms with Crippen molar-refractivity contribution in [3.8, 4) is 5.75 Å². The number of furan rings is 1. The Labute approximate surface area is 143 Å². The SMILES string of the molecule is COc1cc2c(cc1CCC1CCC(C)CC1)oc1ccccc12. The summed E-state index contributed by atoms with van der Waals surface area (Å²) in [6, 6.07) is 12.6. The zero-order valence-electron chi connectivity index (χ0n) is 14.7. The number of fused-ring (bicyclic) bond motifs is 3. The molecular weight excluding hydrogens is 296 g/mol. The number of para-hydroxylation sites is 1. The maximum absolute atomic E-state index is 6.04. The second-order valence-electron chi connectivity index (χ2n) is 7.42. The molecule has 0 saturated heterocycles. The summed E-state index contributed by atoms with van der Waals surface area (Å²) in [5, 5.41) is 2.32. The minimum atomic E-state index is 0.872. The quantitative estimate of drug-likeness (QED) is 0.558. The molecule has 4 rings (SSSR count). The van der Waals surface area contributed by atoms with E-state index in [4.69, 9.17) is 9.15 Å². The normalized spacial score (nSPS) is 21.4. The molecule has 2 heteroatoms. The Morgan fingerprint density at radius 1 is 1.00 bits per heavy atom. The van der Waals surface area contributed by atoms with Crippen LogP contribution in [0.15, 0.2) is 40.8 Å². The standard InChI is InChI=1S/C22H26O2/c1-15-7-9-16(10-8-15)11-12-17-13-22-19(14-21(17)23-2)18-5-3-4-6-20(18)24-22/h3-6,13-16H,7-12H2,1-2H3. The van der Waals surface area contributed by atoms with Gasteiger partial charge in [-0.1, -0.05) is 50.8 Å². The topological polar surface area (TPSA) is 22.4 Å². The molecule has 1 aliphatic carbocycles. The molecule has 0 aliphatic heterocycles. The molecule has 0 bridgehead atoms. The van der Waals surface area contributed by atoms with Gasteiger partial charge in [0.05, 0.1) is 7.11 Å². The van der Waals surface area contributed by atoms with Crippen LogP contribution in [0.4, 0.5) is 0 Å². The summed E-state index contributed by atoms with van der Waals surface area (Å²) < 4.78 is 11.7. The third-order valence-corrected chi connectivity index (χ3v) is 5.74. The number of methoxy groups -OCH3 is 1. The number of rotatable bonds is 4. The van der Waals surface area contributed by atoms with Gasteiger partial charge >= 0.3 is 0 Å². The van der Waals surface area contributed by atoms with Gasteiger partial charge in [0.2, 0.25) is 0 Å². The Morgan fingerprint density at radius 2 is 1.79 bits per heavy atom. The summed E-state index contributed by atoms with van der Waals surface area (Å²) in [6.45, 7) is 2.38. The maximum Gasteiger partial charge on any atom is 0.135 e. The van der Waals surface area contributed by atoms with Crippen LogP contribution in [0.1, 0.15) is 44.6 Å². The van der Waals surface area contributed by atoms with E-state index in [-0.39, 0.29) is 0 Å². The van der Waals surface area contributed by atoms with Crippen LogP contribution >= 0.6 is 0 Å². The predicted molar refractivity (Wildman–Crippen MR) is 99.7 cm³/mol. The van der Waals surface area contributed by atoms with Crippen LogP contribution in [0, 0.1) is 11.8 Å². The van der Waals surface area contributed by atoms with Gasteiger partial charge in [-0.3, -0.25) is 0 Å². The second-order valence-corrected chi connectivity index (χ2v) is 7.42. The summed E-state index contributed by atoms with van der Waals surface area (Å²) in [5.41, 5.74) is 3.21. The average molecular weight is 322 g/mol. The Balaban J connectivity index is 1.61. The van der Waals surface area contributed by atoms with Crippen molar-refractivity contribution in [3.05, 3.63) is 42.0 Å². The average Bonchev–Trinajstić information content (AvgIpc) is 2.97. The van der Waals surface area contributed by atoms with Gasteiger partial charge in [0.25, 0.3) is 0 Å². The van der Waals surface area contributed by atoms with Crippen molar-refractivity contribution in [2.75, 3.05) is 7.11 Å². The lowest BCUT2D eigenvalue weighted by Gasteiger charge is -2.26. The Hall–Kier alpha value is -1.96. The molecular formula is C22H26O2. The highest BCUT2D eigenvalue weighted by atomic mass is 16.5. The molecule has 0 amide bonds. The molecule has 0 N–H and O–H groups in total. The number of ether oxygens (including phenoxy) is 1. The van der Waals surface area contributed by atoms with Gasteiger partial charge in [-0.2, -0.15) is 0 Å². The second kappa shape index (κ2) is 6.51. The van der Waals surface area contributed by atoms with E-state index in [1.165, 1.54) is 43.1 Å². The van der Waals surface area contributed by atoms with Crippen LogP contribution in [-0.2, 0) is 6.42 Å². The van der Waals surface area contributed by atoms with Gasteiger partial charge in [0.1, 0.15) is 16.9 Å². The lowest BCUT2D eigenvalue weighted by molar-refractivity contribution is 0.277. The van der Waals surface area contributed by atoms with Crippen molar-refractivity contribution in [2.24, 2.45) is 11.8 Å². The highest BCUT2D eigenvalue weighted by Crippen LogP contribution is 2.36.